The number of nitrogens with zero attached hydrogens (tertiary/aromatic N) is 1. The Labute approximate surface area is 258 Å². The molecule has 3 atom stereocenters. The number of piperidine rings is 1. The largest absolute Gasteiger partial charge is 0.494 e. The SMILES string of the molecule is CCOC(=O)CC/C=C/COC[C@@]12C[C@@H]1N(C(=O)CNC(=O)CCCOc1ccccc1)[C@H](C(=O)OCc1ccccc1)C2. The molecule has 1 N–H and O–H groups in total. The molecule has 1 aliphatic carbocycles. The van der Waals surface area contributed by atoms with E-state index < -0.39 is 12.0 Å². The average molecular weight is 607 g/mol. The van der Waals surface area contributed by atoms with Gasteiger partial charge in [0.1, 0.15) is 18.4 Å². The molecule has 1 aliphatic heterocycles. The number of amides is 2. The minimum atomic E-state index is -0.746. The Hall–Kier alpha value is -4.18. The van der Waals surface area contributed by atoms with Gasteiger partial charge in [-0.2, -0.15) is 0 Å². The molecule has 1 heterocycles. The van der Waals surface area contributed by atoms with Crippen LogP contribution in [0.25, 0.3) is 0 Å². The molecule has 0 spiro atoms. The fourth-order valence-electron chi connectivity index (χ4n) is 5.47. The van der Waals surface area contributed by atoms with Crippen LogP contribution >= 0.6 is 0 Å². The highest BCUT2D eigenvalue weighted by atomic mass is 16.5. The quantitative estimate of drug-likeness (QED) is 0.154. The molecule has 44 heavy (non-hydrogen) atoms. The van der Waals surface area contributed by atoms with Crippen molar-refractivity contribution in [3.05, 3.63) is 78.4 Å². The highest BCUT2D eigenvalue weighted by Gasteiger charge is 2.67. The van der Waals surface area contributed by atoms with Crippen molar-refractivity contribution in [2.24, 2.45) is 5.41 Å². The molecule has 2 amide bonds. The molecular formula is C34H42N2O8. The second-order valence-electron chi connectivity index (χ2n) is 11.1. The van der Waals surface area contributed by atoms with E-state index in [0.29, 0.717) is 52.1 Å². The molecule has 2 aromatic carbocycles. The Morgan fingerprint density at radius 1 is 0.955 bits per heavy atom. The number of esters is 2. The fraction of sp³-hybridized carbons (Fsp3) is 0.471. The minimum Gasteiger partial charge on any atom is -0.494 e. The number of hydrogen-bond donors (Lipinski definition) is 1. The van der Waals surface area contributed by atoms with Crippen molar-refractivity contribution < 1.29 is 38.1 Å². The van der Waals surface area contributed by atoms with E-state index in [1.807, 2.05) is 72.8 Å². The summed E-state index contributed by atoms with van der Waals surface area (Å²) in [5.41, 5.74) is 0.530. The number of benzene rings is 2. The van der Waals surface area contributed by atoms with Crippen LogP contribution < -0.4 is 10.1 Å². The minimum absolute atomic E-state index is 0.116. The Balaban J connectivity index is 1.26. The summed E-state index contributed by atoms with van der Waals surface area (Å²) in [6, 6.07) is 17.8. The van der Waals surface area contributed by atoms with E-state index in [2.05, 4.69) is 5.32 Å². The zero-order chi connectivity index (χ0) is 31.2. The lowest BCUT2D eigenvalue weighted by atomic mass is 10.0. The number of fused-ring (bicyclic) bond motifs is 1. The first kappa shape index (κ1) is 32.7. The normalized spacial score (nSPS) is 20.2. The standard InChI is InChI=1S/C34H42N2O8/c1-2-42-32(39)18-10-5-11-19-41-25-34-21-28(33(40)44-24-26-13-6-3-7-14-26)36(29(34)22-34)31(38)23-35-30(37)17-12-20-43-27-15-8-4-9-16-27/h3-9,11,13-16,28-29H,2,10,12,17-25H2,1H3,(H,35,37)/b11-5+/t28-,29-,34+/m0/s1. The molecule has 10 heteroatoms. The van der Waals surface area contributed by atoms with Crippen molar-refractivity contribution >= 4 is 23.8 Å². The van der Waals surface area contributed by atoms with Crippen LogP contribution in [0.4, 0.5) is 0 Å². The number of allylic oxidation sites excluding steroid dienone is 1. The molecule has 2 fully saturated rings. The van der Waals surface area contributed by atoms with Crippen molar-refractivity contribution in [2.45, 2.75) is 64.1 Å². The van der Waals surface area contributed by atoms with Gasteiger partial charge < -0.3 is 29.2 Å². The van der Waals surface area contributed by atoms with Gasteiger partial charge in [0, 0.05) is 24.3 Å². The second kappa shape index (κ2) is 16.6. The van der Waals surface area contributed by atoms with E-state index in [1.54, 1.807) is 11.8 Å². The highest BCUT2D eigenvalue weighted by molar-refractivity contribution is 5.90. The predicted molar refractivity (Wildman–Crippen MR) is 162 cm³/mol. The molecule has 1 saturated carbocycles. The van der Waals surface area contributed by atoms with E-state index in [4.69, 9.17) is 18.9 Å². The van der Waals surface area contributed by atoms with Crippen molar-refractivity contribution in [2.75, 3.05) is 33.0 Å². The van der Waals surface area contributed by atoms with Gasteiger partial charge in [-0.15, -0.1) is 0 Å². The third-order valence-corrected chi connectivity index (χ3v) is 7.79. The van der Waals surface area contributed by atoms with Gasteiger partial charge in [0.25, 0.3) is 0 Å². The van der Waals surface area contributed by atoms with Crippen LogP contribution in [0.5, 0.6) is 5.75 Å². The van der Waals surface area contributed by atoms with Crippen LogP contribution in [0.3, 0.4) is 0 Å². The van der Waals surface area contributed by atoms with E-state index >= 15 is 0 Å². The Bertz CT molecular complexity index is 1270. The van der Waals surface area contributed by atoms with Gasteiger partial charge in [-0.1, -0.05) is 60.7 Å². The molecule has 0 unspecified atom stereocenters. The maximum Gasteiger partial charge on any atom is 0.329 e. The molecule has 2 aliphatic rings. The Kier molecular flexibility index (Phi) is 12.4. The lowest BCUT2D eigenvalue weighted by Gasteiger charge is -2.26. The molecule has 0 bridgehead atoms. The van der Waals surface area contributed by atoms with Crippen LogP contribution in [0, 0.1) is 5.41 Å². The van der Waals surface area contributed by atoms with E-state index in [0.717, 1.165) is 17.7 Å². The number of ether oxygens (including phenoxy) is 4. The number of para-hydroxylation sites is 1. The second-order valence-corrected chi connectivity index (χ2v) is 11.1. The first-order valence-corrected chi connectivity index (χ1v) is 15.3. The van der Waals surface area contributed by atoms with Gasteiger partial charge in [-0.05, 0) is 50.3 Å². The Morgan fingerprint density at radius 3 is 2.45 bits per heavy atom. The average Bonchev–Trinajstić information content (AvgIpc) is 3.64. The van der Waals surface area contributed by atoms with Gasteiger partial charge in [0.05, 0.1) is 33.0 Å². The predicted octanol–water partition coefficient (Wildman–Crippen LogP) is 3.98. The van der Waals surface area contributed by atoms with Crippen LogP contribution in [0.2, 0.25) is 0 Å². The summed E-state index contributed by atoms with van der Waals surface area (Å²) in [5.74, 6) is -0.519. The van der Waals surface area contributed by atoms with Crippen molar-refractivity contribution in [3.63, 3.8) is 0 Å². The maximum absolute atomic E-state index is 13.4. The summed E-state index contributed by atoms with van der Waals surface area (Å²) in [7, 11) is 0. The third kappa shape index (κ3) is 9.67. The van der Waals surface area contributed by atoms with E-state index in [9.17, 15) is 19.2 Å². The first-order chi connectivity index (χ1) is 21.4. The molecule has 4 rings (SSSR count). The Morgan fingerprint density at radius 2 is 1.70 bits per heavy atom. The van der Waals surface area contributed by atoms with E-state index in [1.165, 1.54) is 0 Å². The van der Waals surface area contributed by atoms with Gasteiger partial charge in [-0.25, -0.2) is 4.79 Å². The van der Waals surface area contributed by atoms with Crippen LogP contribution in [0.15, 0.2) is 72.8 Å². The zero-order valence-electron chi connectivity index (χ0n) is 25.3. The van der Waals surface area contributed by atoms with Gasteiger partial charge in [-0.3, -0.25) is 14.4 Å². The molecule has 10 nitrogen and oxygen atoms in total. The fourth-order valence-corrected chi connectivity index (χ4v) is 5.47. The van der Waals surface area contributed by atoms with Crippen molar-refractivity contribution in [3.8, 4) is 5.75 Å². The summed E-state index contributed by atoms with van der Waals surface area (Å²) in [6.45, 7) is 3.20. The maximum atomic E-state index is 13.4. The summed E-state index contributed by atoms with van der Waals surface area (Å²) in [6.07, 6.45) is 6.51. The molecular weight excluding hydrogens is 564 g/mol. The first-order valence-electron chi connectivity index (χ1n) is 15.3. The molecule has 1 saturated heterocycles. The summed E-state index contributed by atoms with van der Waals surface area (Å²) in [5, 5.41) is 2.70. The number of hydrogen-bond acceptors (Lipinski definition) is 8. The molecule has 0 aromatic heterocycles. The third-order valence-electron chi connectivity index (χ3n) is 7.79. The molecule has 236 valence electrons. The van der Waals surface area contributed by atoms with E-state index in [-0.39, 0.29) is 48.8 Å². The summed E-state index contributed by atoms with van der Waals surface area (Å²) in [4.78, 5) is 52.1. The van der Waals surface area contributed by atoms with Crippen molar-refractivity contribution in [1.82, 2.24) is 10.2 Å². The zero-order valence-corrected chi connectivity index (χ0v) is 25.3. The lowest BCUT2D eigenvalue weighted by Crippen LogP contribution is -2.48. The van der Waals surface area contributed by atoms with Gasteiger partial charge in [0.15, 0.2) is 0 Å². The van der Waals surface area contributed by atoms with Crippen LogP contribution in [-0.4, -0.2) is 73.7 Å². The monoisotopic (exact) mass is 606 g/mol. The van der Waals surface area contributed by atoms with Gasteiger partial charge in [0.2, 0.25) is 11.8 Å². The topological polar surface area (TPSA) is 120 Å². The lowest BCUT2D eigenvalue weighted by molar-refractivity contribution is -0.155. The number of likely N-dealkylation sites (tertiary alicyclic amines) is 1. The number of nitrogens with one attached hydrogen (secondary N) is 1. The number of rotatable bonds is 18. The number of carbonyl (C=O) groups is 4. The number of carbonyl (C=O) groups excluding carboxylic acids is 4. The summed E-state index contributed by atoms with van der Waals surface area (Å²) >= 11 is 0. The molecule has 2 aromatic rings. The smallest absolute Gasteiger partial charge is 0.329 e. The highest BCUT2D eigenvalue weighted by Crippen LogP contribution is 2.59. The van der Waals surface area contributed by atoms with Crippen molar-refractivity contribution in [1.29, 1.82) is 0 Å². The van der Waals surface area contributed by atoms with Crippen LogP contribution in [-0.2, 0) is 40.0 Å². The van der Waals surface area contributed by atoms with Crippen LogP contribution in [0.1, 0.15) is 51.0 Å². The van der Waals surface area contributed by atoms with Gasteiger partial charge >= 0.3 is 11.9 Å². The summed E-state index contributed by atoms with van der Waals surface area (Å²) < 4.78 is 22.1. The molecule has 0 radical (unpaired) electrons.